The number of nitrogen functional groups attached to an aromatic ring is 1. The lowest BCUT2D eigenvalue weighted by Gasteiger charge is -2.18. The van der Waals surface area contributed by atoms with Crippen LogP contribution in [0.1, 0.15) is 10.6 Å². The Kier molecular flexibility index (Phi) is 3.05. The molecular weight excluding hydrogens is 220 g/mol. The average molecular weight is 234 g/mol. The van der Waals surface area contributed by atoms with E-state index < -0.39 is 0 Å². The number of aromatic nitrogens is 2. The molecule has 2 N–H and O–H groups in total. The van der Waals surface area contributed by atoms with Gasteiger partial charge in [0.25, 0.3) is 0 Å². The van der Waals surface area contributed by atoms with Crippen molar-refractivity contribution in [2.24, 2.45) is 0 Å². The van der Waals surface area contributed by atoms with Gasteiger partial charge in [-0.05, 0) is 19.1 Å². The molecule has 0 aliphatic carbocycles. The van der Waals surface area contributed by atoms with Crippen molar-refractivity contribution < 1.29 is 0 Å². The number of hydrogen-bond donors (Lipinski definition) is 1. The molecule has 0 radical (unpaired) electrons. The van der Waals surface area contributed by atoms with Gasteiger partial charge < -0.3 is 10.6 Å². The van der Waals surface area contributed by atoms with Crippen LogP contribution in [0, 0.1) is 6.92 Å². The van der Waals surface area contributed by atoms with E-state index in [2.05, 4.69) is 14.9 Å². The van der Waals surface area contributed by atoms with Crippen LogP contribution in [0.4, 0.5) is 11.5 Å². The second kappa shape index (κ2) is 4.49. The Labute approximate surface area is 98.8 Å². The van der Waals surface area contributed by atoms with Crippen LogP contribution >= 0.6 is 11.3 Å². The zero-order chi connectivity index (χ0) is 11.5. The van der Waals surface area contributed by atoms with Gasteiger partial charge in [-0.3, -0.25) is 0 Å². The Morgan fingerprint density at radius 2 is 2.19 bits per heavy atom. The fourth-order valence-electron chi connectivity index (χ4n) is 1.41. The van der Waals surface area contributed by atoms with Crippen molar-refractivity contribution in [3.8, 4) is 0 Å². The average Bonchev–Trinajstić information content (AvgIpc) is 2.65. The van der Waals surface area contributed by atoms with E-state index in [4.69, 9.17) is 5.73 Å². The van der Waals surface area contributed by atoms with Crippen molar-refractivity contribution in [2.45, 2.75) is 13.5 Å². The molecule has 0 saturated heterocycles. The van der Waals surface area contributed by atoms with Gasteiger partial charge in [-0.2, -0.15) is 0 Å². The van der Waals surface area contributed by atoms with Crippen LogP contribution < -0.4 is 10.6 Å². The van der Waals surface area contributed by atoms with Crippen LogP contribution in [-0.2, 0) is 6.54 Å². The van der Waals surface area contributed by atoms with Gasteiger partial charge in [0.1, 0.15) is 5.82 Å². The fraction of sp³-hybridized carbons (Fsp3) is 0.273. The largest absolute Gasteiger partial charge is 0.384 e. The standard InChI is InChI=1S/C11H14N4S/c1-8-10(16-7-14-8)6-15(2)9-3-4-11(12)13-5-9/h3-5,7H,6H2,1-2H3,(H2,12,13). The zero-order valence-corrected chi connectivity index (χ0v) is 10.2. The van der Waals surface area contributed by atoms with Crippen LogP contribution in [-0.4, -0.2) is 17.0 Å². The molecule has 0 aromatic carbocycles. The number of rotatable bonds is 3. The molecule has 84 valence electrons. The smallest absolute Gasteiger partial charge is 0.123 e. The molecule has 0 aliphatic heterocycles. The summed E-state index contributed by atoms with van der Waals surface area (Å²) >= 11 is 1.68. The van der Waals surface area contributed by atoms with Crippen molar-refractivity contribution in [3.63, 3.8) is 0 Å². The Hall–Kier alpha value is -1.62. The van der Waals surface area contributed by atoms with Gasteiger partial charge in [-0.1, -0.05) is 0 Å². The first kappa shape index (κ1) is 10.9. The molecule has 0 unspecified atom stereocenters. The summed E-state index contributed by atoms with van der Waals surface area (Å²) in [7, 11) is 2.03. The number of thiazole rings is 1. The van der Waals surface area contributed by atoms with Crippen molar-refractivity contribution in [1.82, 2.24) is 9.97 Å². The van der Waals surface area contributed by atoms with E-state index in [1.165, 1.54) is 4.88 Å². The van der Waals surface area contributed by atoms with E-state index in [1.807, 2.05) is 31.6 Å². The molecule has 2 rings (SSSR count). The SMILES string of the molecule is Cc1ncsc1CN(C)c1ccc(N)nc1. The van der Waals surface area contributed by atoms with Gasteiger partial charge in [0.15, 0.2) is 0 Å². The minimum atomic E-state index is 0.547. The van der Waals surface area contributed by atoms with Gasteiger partial charge in [0.2, 0.25) is 0 Å². The minimum absolute atomic E-state index is 0.547. The van der Waals surface area contributed by atoms with Crippen molar-refractivity contribution >= 4 is 22.8 Å². The molecule has 0 fully saturated rings. The van der Waals surface area contributed by atoms with Gasteiger partial charge in [-0.25, -0.2) is 9.97 Å². The monoisotopic (exact) mass is 234 g/mol. The van der Waals surface area contributed by atoms with Crippen molar-refractivity contribution in [2.75, 3.05) is 17.7 Å². The Bertz CT molecular complexity index is 463. The molecule has 16 heavy (non-hydrogen) atoms. The minimum Gasteiger partial charge on any atom is -0.384 e. The van der Waals surface area contributed by atoms with E-state index in [0.29, 0.717) is 5.82 Å². The van der Waals surface area contributed by atoms with Crippen molar-refractivity contribution in [3.05, 3.63) is 34.4 Å². The Morgan fingerprint density at radius 1 is 1.38 bits per heavy atom. The highest BCUT2D eigenvalue weighted by Gasteiger charge is 2.06. The molecule has 0 aliphatic rings. The summed E-state index contributed by atoms with van der Waals surface area (Å²) in [6.07, 6.45) is 1.78. The Balaban J connectivity index is 2.11. The molecule has 5 heteroatoms. The maximum absolute atomic E-state index is 5.55. The molecule has 0 atom stereocenters. The second-order valence-corrected chi connectivity index (χ2v) is 4.60. The van der Waals surface area contributed by atoms with Crippen LogP contribution in [0.25, 0.3) is 0 Å². The molecular formula is C11H14N4S. The molecule has 0 spiro atoms. The van der Waals surface area contributed by atoms with E-state index in [0.717, 1.165) is 17.9 Å². The normalized spacial score (nSPS) is 10.4. The highest BCUT2D eigenvalue weighted by Crippen LogP contribution is 2.19. The van der Waals surface area contributed by atoms with Gasteiger partial charge in [0.05, 0.1) is 29.6 Å². The molecule has 4 nitrogen and oxygen atoms in total. The highest BCUT2D eigenvalue weighted by molar-refractivity contribution is 7.09. The topological polar surface area (TPSA) is 55.0 Å². The molecule has 2 heterocycles. The summed E-state index contributed by atoms with van der Waals surface area (Å²) in [4.78, 5) is 11.7. The van der Waals surface area contributed by atoms with Gasteiger partial charge in [-0.15, -0.1) is 11.3 Å². The number of aryl methyl sites for hydroxylation is 1. The summed E-state index contributed by atoms with van der Waals surface area (Å²) in [6.45, 7) is 2.88. The van der Waals surface area contributed by atoms with Crippen LogP contribution in [0.3, 0.4) is 0 Å². The third-order valence-corrected chi connectivity index (χ3v) is 3.36. The van der Waals surface area contributed by atoms with Crippen LogP contribution in [0.5, 0.6) is 0 Å². The third kappa shape index (κ3) is 2.30. The third-order valence-electron chi connectivity index (χ3n) is 2.44. The quantitative estimate of drug-likeness (QED) is 0.883. The molecule has 0 amide bonds. The lowest BCUT2D eigenvalue weighted by atomic mass is 10.3. The fourth-order valence-corrected chi connectivity index (χ4v) is 2.24. The number of nitrogens with zero attached hydrogens (tertiary/aromatic N) is 3. The van der Waals surface area contributed by atoms with Gasteiger partial charge >= 0.3 is 0 Å². The molecule has 2 aromatic heterocycles. The first-order valence-electron chi connectivity index (χ1n) is 4.98. The highest BCUT2D eigenvalue weighted by atomic mass is 32.1. The van der Waals surface area contributed by atoms with E-state index >= 15 is 0 Å². The predicted molar refractivity (Wildman–Crippen MR) is 67.6 cm³/mol. The number of nitrogens with two attached hydrogens (primary N) is 1. The van der Waals surface area contributed by atoms with Crippen LogP contribution in [0.2, 0.25) is 0 Å². The summed E-state index contributed by atoms with van der Waals surface area (Å²) in [5, 5.41) is 0. The lowest BCUT2D eigenvalue weighted by Crippen LogP contribution is -2.16. The van der Waals surface area contributed by atoms with E-state index in [1.54, 1.807) is 17.5 Å². The summed E-state index contributed by atoms with van der Waals surface area (Å²) in [6, 6.07) is 3.78. The maximum atomic E-state index is 5.55. The van der Waals surface area contributed by atoms with E-state index in [9.17, 15) is 0 Å². The first-order valence-corrected chi connectivity index (χ1v) is 5.86. The first-order chi connectivity index (χ1) is 7.66. The predicted octanol–water partition coefficient (Wildman–Crippen LogP) is 2.07. The number of hydrogen-bond acceptors (Lipinski definition) is 5. The second-order valence-electron chi connectivity index (χ2n) is 3.66. The zero-order valence-electron chi connectivity index (χ0n) is 9.34. The maximum Gasteiger partial charge on any atom is 0.123 e. The molecule has 0 saturated carbocycles. The van der Waals surface area contributed by atoms with E-state index in [-0.39, 0.29) is 0 Å². The lowest BCUT2D eigenvalue weighted by molar-refractivity contribution is 0.921. The number of pyridine rings is 1. The van der Waals surface area contributed by atoms with Crippen molar-refractivity contribution in [1.29, 1.82) is 0 Å². The molecule has 0 bridgehead atoms. The van der Waals surface area contributed by atoms with Gasteiger partial charge in [0, 0.05) is 11.9 Å². The summed E-state index contributed by atoms with van der Waals surface area (Å²) < 4.78 is 0. The number of anilines is 2. The summed E-state index contributed by atoms with van der Waals surface area (Å²) in [5.41, 5.74) is 9.58. The summed E-state index contributed by atoms with van der Waals surface area (Å²) in [5.74, 6) is 0.547. The Morgan fingerprint density at radius 3 is 2.75 bits per heavy atom. The van der Waals surface area contributed by atoms with Crippen LogP contribution in [0.15, 0.2) is 23.8 Å². The molecule has 2 aromatic rings.